The van der Waals surface area contributed by atoms with E-state index in [1.807, 2.05) is 6.92 Å². The zero-order valence-corrected chi connectivity index (χ0v) is 9.90. The molecule has 0 aliphatic carbocycles. The minimum Gasteiger partial charge on any atom is -0.322 e. The van der Waals surface area contributed by atoms with Crippen molar-refractivity contribution in [2.45, 2.75) is 17.0 Å². The molecule has 2 rings (SSSR count). The zero-order valence-electron chi connectivity index (χ0n) is 9.08. The van der Waals surface area contributed by atoms with Crippen LogP contribution in [0.5, 0.6) is 0 Å². The van der Waals surface area contributed by atoms with Gasteiger partial charge in [-0.2, -0.15) is 0 Å². The lowest BCUT2D eigenvalue weighted by Crippen LogP contribution is -2.09. The monoisotopic (exact) mass is 236 g/mol. The molecule has 0 saturated carbocycles. The van der Waals surface area contributed by atoms with Crippen LogP contribution in [0.4, 0.5) is 0 Å². The minimum atomic E-state index is -3.50. The smallest absolute Gasteiger partial charge is 0.240 e. The van der Waals surface area contributed by atoms with Crippen molar-refractivity contribution in [3.8, 4) is 0 Å². The molecule has 2 aromatic rings. The Hall–Kier alpha value is -1.62. The first-order chi connectivity index (χ1) is 7.53. The summed E-state index contributed by atoms with van der Waals surface area (Å²) in [6.07, 6.45) is 1.55. The molecule has 0 fully saturated rings. The number of benzene rings is 1. The Bertz CT molecular complexity index is 600. The predicted octanol–water partition coefficient (Wildman–Crippen LogP) is 1.56. The maximum atomic E-state index is 12.2. The van der Waals surface area contributed by atoms with Crippen LogP contribution in [0, 0.1) is 6.92 Å². The van der Waals surface area contributed by atoms with Crippen molar-refractivity contribution in [1.29, 1.82) is 0 Å². The van der Waals surface area contributed by atoms with E-state index < -0.39 is 9.84 Å². The van der Waals surface area contributed by atoms with Crippen LogP contribution in [0.15, 0.2) is 46.6 Å². The molecule has 5 heteroatoms. The van der Waals surface area contributed by atoms with Gasteiger partial charge in [0.1, 0.15) is 0 Å². The van der Waals surface area contributed by atoms with Crippen molar-refractivity contribution in [1.82, 2.24) is 9.55 Å². The van der Waals surface area contributed by atoms with E-state index in [4.69, 9.17) is 0 Å². The number of aromatic nitrogens is 2. The van der Waals surface area contributed by atoms with Crippen LogP contribution in [0.1, 0.15) is 5.69 Å². The van der Waals surface area contributed by atoms with Crippen LogP contribution < -0.4 is 0 Å². The minimum absolute atomic E-state index is 0.0798. The molecule has 0 unspecified atom stereocenters. The second-order valence-electron chi connectivity index (χ2n) is 3.56. The summed E-state index contributed by atoms with van der Waals surface area (Å²) in [6.45, 7) is 1.82. The van der Waals surface area contributed by atoms with Crippen LogP contribution in [0.2, 0.25) is 0 Å². The van der Waals surface area contributed by atoms with Gasteiger partial charge in [-0.05, 0) is 19.1 Å². The SMILES string of the molecule is Cc1cnc(S(=O)(=O)c2ccccc2)n1C. The van der Waals surface area contributed by atoms with Gasteiger partial charge in [0.25, 0.3) is 0 Å². The molecule has 0 spiro atoms. The van der Waals surface area contributed by atoms with E-state index in [0.29, 0.717) is 0 Å². The average molecular weight is 236 g/mol. The van der Waals surface area contributed by atoms with E-state index in [1.54, 1.807) is 48.1 Å². The number of sulfone groups is 1. The van der Waals surface area contributed by atoms with Gasteiger partial charge in [-0.25, -0.2) is 13.4 Å². The third kappa shape index (κ3) is 1.63. The van der Waals surface area contributed by atoms with E-state index in [-0.39, 0.29) is 10.1 Å². The van der Waals surface area contributed by atoms with Gasteiger partial charge >= 0.3 is 0 Å². The van der Waals surface area contributed by atoms with Crippen LogP contribution in [0.25, 0.3) is 0 Å². The first kappa shape index (κ1) is 10.9. The van der Waals surface area contributed by atoms with Crippen molar-refractivity contribution >= 4 is 9.84 Å². The van der Waals surface area contributed by atoms with E-state index in [2.05, 4.69) is 4.98 Å². The molecule has 0 saturated heterocycles. The van der Waals surface area contributed by atoms with E-state index >= 15 is 0 Å². The van der Waals surface area contributed by atoms with Crippen molar-refractivity contribution in [2.75, 3.05) is 0 Å². The Balaban J connectivity index is 2.61. The third-order valence-electron chi connectivity index (χ3n) is 2.47. The molecular formula is C11H12N2O2S. The number of aryl methyl sites for hydroxylation is 1. The topological polar surface area (TPSA) is 52.0 Å². The lowest BCUT2D eigenvalue weighted by atomic mass is 10.4. The molecule has 0 aliphatic heterocycles. The van der Waals surface area contributed by atoms with Crippen molar-refractivity contribution in [3.05, 3.63) is 42.2 Å². The molecule has 0 aliphatic rings. The Kier molecular flexibility index (Phi) is 2.55. The first-order valence-corrected chi connectivity index (χ1v) is 6.30. The van der Waals surface area contributed by atoms with Gasteiger partial charge < -0.3 is 4.57 Å². The molecule has 0 amide bonds. The maximum absolute atomic E-state index is 12.2. The summed E-state index contributed by atoms with van der Waals surface area (Å²) < 4.78 is 25.9. The number of hydrogen-bond donors (Lipinski definition) is 0. The Morgan fingerprint density at radius 1 is 1.19 bits per heavy atom. The van der Waals surface area contributed by atoms with Crippen molar-refractivity contribution < 1.29 is 8.42 Å². The Labute approximate surface area is 94.5 Å². The van der Waals surface area contributed by atoms with Crippen LogP contribution in [-0.2, 0) is 16.9 Å². The molecule has 1 heterocycles. The lowest BCUT2D eigenvalue weighted by Gasteiger charge is -2.04. The number of rotatable bonds is 2. The number of hydrogen-bond acceptors (Lipinski definition) is 3. The lowest BCUT2D eigenvalue weighted by molar-refractivity contribution is 0.577. The molecule has 0 N–H and O–H groups in total. The fourth-order valence-electron chi connectivity index (χ4n) is 1.43. The molecule has 1 aromatic carbocycles. The van der Waals surface area contributed by atoms with E-state index in [0.717, 1.165) is 5.69 Å². The van der Waals surface area contributed by atoms with Crippen LogP contribution in [0.3, 0.4) is 0 Å². The fraction of sp³-hybridized carbons (Fsp3) is 0.182. The highest BCUT2D eigenvalue weighted by atomic mass is 32.2. The first-order valence-electron chi connectivity index (χ1n) is 4.82. The van der Waals surface area contributed by atoms with Crippen molar-refractivity contribution in [2.24, 2.45) is 7.05 Å². The van der Waals surface area contributed by atoms with Gasteiger partial charge in [0.05, 0.1) is 4.90 Å². The summed E-state index contributed by atoms with van der Waals surface area (Å²) in [7, 11) is -1.80. The highest BCUT2D eigenvalue weighted by Crippen LogP contribution is 2.19. The fourth-order valence-corrected chi connectivity index (χ4v) is 2.85. The number of imidazole rings is 1. The van der Waals surface area contributed by atoms with Gasteiger partial charge in [0.15, 0.2) is 0 Å². The second kappa shape index (κ2) is 3.75. The van der Waals surface area contributed by atoms with Gasteiger partial charge in [-0.1, -0.05) is 18.2 Å². The standard InChI is InChI=1S/C11H12N2O2S/c1-9-8-12-11(13(9)2)16(14,15)10-6-4-3-5-7-10/h3-8H,1-2H3. The normalized spacial score (nSPS) is 11.6. The quantitative estimate of drug-likeness (QED) is 0.795. The largest absolute Gasteiger partial charge is 0.322 e. The molecule has 4 nitrogen and oxygen atoms in total. The molecule has 16 heavy (non-hydrogen) atoms. The summed E-state index contributed by atoms with van der Waals surface area (Å²) in [4.78, 5) is 4.21. The van der Waals surface area contributed by atoms with Crippen molar-refractivity contribution in [3.63, 3.8) is 0 Å². The summed E-state index contributed by atoms with van der Waals surface area (Å²) in [5.41, 5.74) is 0.814. The Morgan fingerprint density at radius 3 is 2.31 bits per heavy atom. The third-order valence-corrected chi connectivity index (χ3v) is 4.22. The molecule has 0 bridgehead atoms. The van der Waals surface area contributed by atoms with Gasteiger partial charge in [0.2, 0.25) is 15.0 Å². The molecule has 0 radical (unpaired) electrons. The van der Waals surface area contributed by atoms with Gasteiger partial charge in [-0.15, -0.1) is 0 Å². The molecular weight excluding hydrogens is 224 g/mol. The summed E-state index contributed by atoms with van der Waals surface area (Å²) in [5, 5.41) is 0.0798. The highest BCUT2D eigenvalue weighted by Gasteiger charge is 2.22. The predicted molar refractivity (Wildman–Crippen MR) is 59.8 cm³/mol. The van der Waals surface area contributed by atoms with Crippen LogP contribution >= 0.6 is 0 Å². The summed E-state index contributed by atoms with van der Waals surface area (Å²) in [5.74, 6) is 0. The van der Waals surface area contributed by atoms with Gasteiger partial charge in [0, 0.05) is 18.9 Å². The van der Waals surface area contributed by atoms with Crippen LogP contribution in [-0.4, -0.2) is 18.0 Å². The summed E-state index contributed by atoms with van der Waals surface area (Å²) >= 11 is 0. The zero-order chi connectivity index (χ0) is 11.8. The highest BCUT2D eigenvalue weighted by molar-refractivity contribution is 7.91. The summed E-state index contributed by atoms with van der Waals surface area (Å²) in [6, 6.07) is 8.31. The average Bonchev–Trinajstić information content (AvgIpc) is 2.61. The molecule has 1 aromatic heterocycles. The molecule has 84 valence electrons. The van der Waals surface area contributed by atoms with E-state index in [1.165, 1.54) is 0 Å². The second-order valence-corrected chi connectivity index (χ2v) is 5.40. The maximum Gasteiger partial charge on any atom is 0.240 e. The van der Waals surface area contributed by atoms with E-state index in [9.17, 15) is 8.42 Å². The Morgan fingerprint density at radius 2 is 1.81 bits per heavy atom. The van der Waals surface area contributed by atoms with Gasteiger partial charge in [-0.3, -0.25) is 0 Å². The number of nitrogens with zero attached hydrogens (tertiary/aromatic N) is 2. The molecule has 0 atom stereocenters.